The molecule has 0 spiro atoms. The quantitative estimate of drug-likeness (QED) is 0.833. The van der Waals surface area contributed by atoms with Gasteiger partial charge in [-0.05, 0) is 30.7 Å². The number of aryl methyl sites for hydroxylation is 1. The Morgan fingerprint density at radius 3 is 2.38 bits per heavy atom. The monoisotopic (exact) mass is 293 g/mol. The molecule has 0 saturated heterocycles. The van der Waals surface area contributed by atoms with Crippen molar-refractivity contribution in [3.63, 3.8) is 0 Å². The van der Waals surface area contributed by atoms with Crippen molar-refractivity contribution >= 4 is 0 Å². The Morgan fingerprint density at radius 1 is 1.05 bits per heavy atom. The van der Waals surface area contributed by atoms with Gasteiger partial charge in [0.2, 0.25) is 0 Å². The fourth-order valence-electron chi connectivity index (χ4n) is 1.73. The maximum Gasteiger partial charge on any atom is 0.573 e. The summed E-state index contributed by atoms with van der Waals surface area (Å²) in [7, 11) is 0. The average Bonchev–Trinajstić information content (AvgIpc) is 2.37. The molecule has 0 amide bonds. The van der Waals surface area contributed by atoms with Gasteiger partial charge in [0.15, 0.2) is 0 Å². The van der Waals surface area contributed by atoms with Gasteiger partial charge in [-0.2, -0.15) is 5.26 Å². The fourth-order valence-corrected chi connectivity index (χ4v) is 1.73. The SMILES string of the molecule is Cc1cccc(Oc2cccc(OC(F)(F)F)c2)c1C#N. The molecule has 21 heavy (non-hydrogen) atoms. The van der Waals surface area contributed by atoms with Crippen LogP contribution in [0.1, 0.15) is 11.1 Å². The largest absolute Gasteiger partial charge is 0.573 e. The van der Waals surface area contributed by atoms with Gasteiger partial charge < -0.3 is 9.47 Å². The minimum Gasteiger partial charge on any atom is -0.456 e. The number of ether oxygens (including phenoxy) is 2. The van der Waals surface area contributed by atoms with Crippen molar-refractivity contribution in [2.45, 2.75) is 13.3 Å². The Hall–Kier alpha value is -2.68. The number of rotatable bonds is 3. The highest BCUT2D eigenvalue weighted by molar-refractivity contribution is 5.50. The molecule has 0 aromatic heterocycles. The molecule has 2 rings (SSSR count). The van der Waals surface area contributed by atoms with Crippen molar-refractivity contribution in [2.75, 3.05) is 0 Å². The predicted molar refractivity (Wildman–Crippen MR) is 69.1 cm³/mol. The molecule has 0 radical (unpaired) electrons. The van der Waals surface area contributed by atoms with Crippen LogP contribution >= 0.6 is 0 Å². The first-order valence-electron chi connectivity index (χ1n) is 5.92. The molecule has 0 aliphatic carbocycles. The molecular weight excluding hydrogens is 283 g/mol. The zero-order chi connectivity index (χ0) is 15.5. The lowest BCUT2D eigenvalue weighted by Gasteiger charge is -2.12. The molecule has 2 aromatic carbocycles. The van der Waals surface area contributed by atoms with Crippen LogP contribution in [-0.4, -0.2) is 6.36 Å². The van der Waals surface area contributed by atoms with E-state index in [1.165, 1.54) is 18.2 Å². The van der Waals surface area contributed by atoms with Gasteiger partial charge in [0.05, 0.1) is 5.56 Å². The third kappa shape index (κ3) is 3.89. The number of alkyl halides is 3. The Labute approximate surface area is 119 Å². The van der Waals surface area contributed by atoms with E-state index in [4.69, 9.17) is 10.00 Å². The van der Waals surface area contributed by atoms with Gasteiger partial charge in [-0.3, -0.25) is 0 Å². The van der Waals surface area contributed by atoms with Crippen molar-refractivity contribution in [2.24, 2.45) is 0 Å². The maximum absolute atomic E-state index is 12.2. The smallest absolute Gasteiger partial charge is 0.456 e. The van der Waals surface area contributed by atoms with Crippen LogP contribution in [0.5, 0.6) is 17.2 Å². The molecule has 108 valence electrons. The third-order valence-corrected chi connectivity index (χ3v) is 2.61. The molecule has 0 unspecified atom stereocenters. The molecule has 0 bridgehead atoms. The van der Waals surface area contributed by atoms with E-state index in [-0.39, 0.29) is 17.2 Å². The van der Waals surface area contributed by atoms with Crippen LogP contribution in [-0.2, 0) is 0 Å². The second-order valence-electron chi connectivity index (χ2n) is 4.18. The molecular formula is C15H10F3NO2. The number of hydrogen-bond acceptors (Lipinski definition) is 3. The molecule has 0 aliphatic rings. The number of nitriles is 1. The zero-order valence-corrected chi connectivity index (χ0v) is 10.9. The maximum atomic E-state index is 12.2. The lowest BCUT2D eigenvalue weighted by Crippen LogP contribution is -2.17. The Balaban J connectivity index is 2.27. The van der Waals surface area contributed by atoms with Gasteiger partial charge >= 0.3 is 6.36 Å². The van der Waals surface area contributed by atoms with Gasteiger partial charge in [0, 0.05) is 6.07 Å². The van der Waals surface area contributed by atoms with Crippen LogP contribution < -0.4 is 9.47 Å². The summed E-state index contributed by atoms with van der Waals surface area (Å²) in [5.41, 5.74) is 1.05. The summed E-state index contributed by atoms with van der Waals surface area (Å²) in [6.45, 7) is 1.74. The van der Waals surface area contributed by atoms with Gasteiger partial charge in [0.1, 0.15) is 23.3 Å². The second kappa shape index (κ2) is 5.75. The van der Waals surface area contributed by atoms with Crippen LogP contribution in [0.4, 0.5) is 13.2 Å². The normalized spacial score (nSPS) is 10.8. The number of benzene rings is 2. The molecule has 2 aromatic rings. The van der Waals surface area contributed by atoms with Crippen molar-refractivity contribution in [3.05, 3.63) is 53.6 Å². The Kier molecular flexibility index (Phi) is 4.03. The number of nitrogens with zero attached hydrogens (tertiary/aromatic N) is 1. The number of halogens is 3. The van der Waals surface area contributed by atoms with Crippen molar-refractivity contribution in [1.82, 2.24) is 0 Å². The molecule has 0 aliphatic heterocycles. The van der Waals surface area contributed by atoms with Crippen LogP contribution in [0.15, 0.2) is 42.5 Å². The highest BCUT2D eigenvalue weighted by Crippen LogP contribution is 2.31. The molecule has 0 saturated carbocycles. The van der Waals surface area contributed by atoms with E-state index in [1.807, 2.05) is 6.07 Å². The average molecular weight is 293 g/mol. The highest BCUT2D eigenvalue weighted by atomic mass is 19.4. The summed E-state index contributed by atoms with van der Waals surface area (Å²) in [5, 5.41) is 9.08. The number of hydrogen-bond donors (Lipinski definition) is 0. The van der Waals surface area contributed by atoms with E-state index >= 15 is 0 Å². The first-order valence-corrected chi connectivity index (χ1v) is 5.92. The van der Waals surface area contributed by atoms with Gasteiger partial charge in [-0.1, -0.05) is 18.2 Å². The van der Waals surface area contributed by atoms with Crippen LogP contribution in [0.3, 0.4) is 0 Å². The van der Waals surface area contributed by atoms with Crippen LogP contribution in [0, 0.1) is 18.3 Å². The van der Waals surface area contributed by atoms with Gasteiger partial charge in [-0.25, -0.2) is 0 Å². The summed E-state index contributed by atoms with van der Waals surface area (Å²) in [4.78, 5) is 0. The van der Waals surface area contributed by atoms with Crippen LogP contribution in [0.25, 0.3) is 0 Å². The van der Waals surface area contributed by atoms with Crippen molar-refractivity contribution in [3.8, 4) is 23.3 Å². The summed E-state index contributed by atoms with van der Waals surface area (Å²) in [5.74, 6) is 0.0478. The Bertz CT molecular complexity index is 690. The minimum atomic E-state index is -4.76. The molecule has 0 fully saturated rings. The first-order chi connectivity index (χ1) is 9.89. The standard InChI is InChI=1S/C15H10F3NO2/c1-10-4-2-7-14(13(10)9-19)20-11-5-3-6-12(8-11)21-15(16,17)18/h2-8H,1H3. The van der Waals surface area contributed by atoms with E-state index in [9.17, 15) is 13.2 Å². The van der Waals surface area contributed by atoms with E-state index in [0.29, 0.717) is 5.56 Å². The molecule has 3 nitrogen and oxygen atoms in total. The van der Waals surface area contributed by atoms with E-state index in [2.05, 4.69) is 4.74 Å². The second-order valence-corrected chi connectivity index (χ2v) is 4.18. The minimum absolute atomic E-state index is 0.152. The first kappa shape index (κ1) is 14.7. The molecule has 6 heteroatoms. The van der Waals surface area contributed by atoms with E-state index in [1.54, 1.807) is 25.1 Å². The highest BCUT2D eigenvalue weighted by Gasteiger charge is 2.31. The molecule has 0 atom stereocenters. The zero-order valence-electron chi connectivity index (χ0n) is 10.9. The van der Waals surface area contributed by atoms with E-state index < -0.39 is 6.36 Å². The summed E-state index contributed by atoms with van der Waals surface area (Å²) < 4.78 is 45.8. The topological polar surface area (TPSA) is 42.2 Å². The van der Waals surface area contributed by atoms with Crippen molar-refractivity contribution < 1.29 is 22.6 Å². The predicted octanol–water partition coefficient (Wildman–Crippen LogP) is 4.56. The Morgan fingerprint density at radius 2 is 1.71 bits per heavy atom. The van der Waals surface area contributed by atoms with Gasteiger partial charge in [0.25, 0.3) is 0 Å². The van der Waals surface area contributed by atoms with E-state index in [0.717, 1.165) is 11.6 Å². The lowest BCUT2D eigenvalue weighted by molar-refractivity contribution is -0.274. The fraction of sp³-hybridized carbons (Fsp3) is 0.133. The van der Waals surface area contributed by atoms with Crippen LogP contribution in [0.2, 0.25) is 0 Å². The summed E-state index contributed by atoms with van der Waals surface area (Å²) in [6.07, 6.45) is -4.76. The third-order valence-electron chi connectivity index (χ3n) is 2.61. The van der Waals surface area contributed by atoms with Crippen molar-refractivity contribution in [1.29, 1.82) is 5.26 Å². The summed E-state index contributed by atoms with van der Waals surface area (Å²) in [6, 6.07) is 12.1. The summed E-state index contributed by atoms with van der Waals surface area (Å²) >= 11 is 0. The lowest BCUT2D eigenvalue weighted by atomic mass is 10.1. The molecule has 0 heterocycles. The van der Waals surface area contributed by atoms with Gasteiger partial charge in [-0.15, -0.1) is 13.2 Å². The molecule has 0 N–H and O–H groups in total.